The molecule has 25 N–H and O–H groups in total. The van der Waals surface area contributed by atoms with E-state index in [1.807, 2.05) is 18.2 Å². The summed E-state index contributed by atoms with van der Waals surface area (Å²) in [6.45, 7) is 12.9. The van der Waals surface area contributed by atoms with E-state index >= 15 is 28.8 Å². The summed E-state index contributed by atoms with van der Waals surface area (Å²) in [7, 11) is 1.42. The molecule has 678 valence electrons. The van der Waals surface area contributed by atoms with Gasteiger partial charge in [0.05, 0.1) is 26.2 Å². The number of aromatic amines is 1. The third-order valence-corrected chi connectivity index (χ3v) is 20.6. The van der Waals surface area contributed by atoms with E-state index in [-0.39, 0.29) is 82.7 Å². The summed E-state index contributed by atoms with van der Waals surface area (Å²) in [5.74, 6) is -15.8. The van der Waals surface area contributed by atoms with Gasteiger partial charge in [0, 0.05) is 78.6 Å². The van der Waals surface area contributed by atoms with Crippen molar-refractivity contribution >= 4 is 147 Å². The van der Waals surface area contributed by atoms with Gasteiger partial charge in [-0.25, -0.2) is 0 Å². The van der Waals surface area contributed by atoms with Crippen molar-refractivity contribution in [1.29, 1.82) is 0 Å². The molecule has 0 aliphatic rings. The molecular formula is C84H121N19O19S2. The van der Waals surface area contributed by atoms with Crippen LogP contribution in [0.5, 0.6) is 5.75 Å². The summed E-state index contributed by atoms with van der Waals surface area (Å²) in [4.78, 5) is 239. The first kappa shape index (κ1) is 103. The van der Waals surface area contributed by atoms with Gasteiger partial charge >= 0.3 is 0 Å². The summed E-state index contributed by atoms with van der Waals surface area (Å²) in [6, 6.07) is 9.03. The van der Waals surface area contributed by atoms with Crippen molar-refractivity contribution in [3.63, 3.8) is 0 Å². The number of methoxy groups -OCH3 is 1. The van der Waals surface area contributed by atoms with E-state index in [1.165, 1.54) is 48.7 Å². The number of amides is 17. The number of primary amides is 4. The van der Waals surface area contributed by atoms with Gasteiger partial charge in [0.15, 0.2) is 0 Å². The molecule has 0 radical (unpaired) electrons. The number of hydrogen-bond donors (Lipinski definition) is 22. The van der Waals surface area contributed by atoms with E-state index in [2.05, 4.69) is 86.7 Å². The van der Waals surface area contributed by atoms with Crippen LogP contribution in [0, 0.1) is 5.92 Å². The molecule has 0 aliphatic heterocycles. The number of para-hydroxylation sites is 1. The molecule has 0 saturated carbocycles. The van der Waals surface area contributed by atoms with Crippen molar-refractivity contribution in [2.45, 2.75) is 240 Å². The van der Waals surface area contributed by atoms with E-state index in [0.717, 1.165) is 17.7 Å². The molecule has 1 heterocycles. The highest BCUT2D eigenvalue weighted by Crippen LogP contribution is 2.26. The topological polar surface area (TPSA) is 622 Å². The van der Waals surface area contributed by atoms with Crippen LogP contribution in [0.15, 0.2) is 97.2 Å². The number of nitrogens with one attached hydrogen (secondary N) is 14. The summed E-state index contributed by atoms with van der Waals surface area (Å²) < 4.78 is 2.57. The second kappa shape index (κ2) is 48.8. The fourth-order valence-corrected chi connectivity index (χ4v) is 13.7. The molecule has 0 aliphatic carbocycles. The number of aromatic nitrogens is 1. The molecule has 40 heteroatoms. The third-order valence-electron chi connectivity index (χ3n) is 20.1. The second-order valence-corrected chi connectivity index (χ2v) is 34.7. The Balaban J connectivity index is 1.56. The lowest BCUT2D eigenvalue weighted by Gasteiger charge is -2.34. The molecule has 0 saturated heterocycles. The van der Waals surface area contributed by atoms with Crippen molar-refractivity contribution < 1.29 is 91.4 Å². The van der Waals surface area contributed by atoms with Gasteiger partial charge in [0.1, 0.15) is 71.7 Å². The van der Waals surface area contributed by atoms with Gasteiger partial charge in [-0.3, -0.25) is 81.5 Å². The number of fused-ring (bicyclic) bond motifs is 2. The van der Waals surface area contributed by atoms with Crippen LogP contribution in [-0.2, 0) is 101 Å². The second-order valence-electron chi connectivity index (χ2n) is 32.4. The van der Waals surface area contributed by atoms with Gasteiger partial charge in [-0.05, 0) is 151 Å². The number of carbonyl (C=O) groups excluding carboxylic acids is 17. The number of aliphatic hydroxyl groups is 1. The van der Waals surface area contributed by atoms with Gasteiger partial charge in [0.2, 0.25) is 100 Å². The van der Waals surface area contributed by atoms with Gasteiger partial charge in [0.25, 0.3) is 0 Å². The van der Waals surface area contributed by atoms with Gasteiger partial charge in [-0.15, -0.1) is 0 Å². The van der Waals surface area contributed by atoms with Gasteiger partial charge in [-0.2, -0.15) is 25.3 Å². The lowest BCUT2D eigenvalue weighted by atomic mass is 9.91. The molecule has 0 spiro atoms. The highest BCUT2D eigenvalue weighted by Gasteiger charge is 2.44. The number of H-pyrrole nitrogens is 1. The maximum Gasteiger partial charge on any atom is 0.246 e. The number of hydrogen-bond acceptors (Lipinski definition) is 22. The van der Waals surface area contributed by atoms with Crippen LogP contribution < -0.4 is 103 Å². The number of rotatable bonds is 53. The number of nitrogens with two attached hydrogens (primary N) is 5. The molecule has 1 aromatic heterocycles. The van der Waals surface area contributed by atoms with E-state index in [9.17, 15) is 57.8 Å². The molecule has 38 nitrogen and oxygen atoms in total. The molecule has 4 aromatic carbocycles. The zero-order valence-electron chi connectivity index (χ0n) is 71.5. The zero-order valence-corrected chi connectivity index (χ0v) is 73.3. The SMILES string of the molecule is COc1ccc(C[C@H](NC(=O)[C@@H](NC(=O)[C@H](CCC(N)=O)NC(=O)[C@H](Cc2c[nH]c3ccccc23)NC(=O)[C@@H](NC(=O)[C@H](CCC(N)=O)NC(=O)[C@@H](NC(=O)CC(C)C)C(C)(C)S)[C@@H](C)O)C(C)(C)S)C(=O)N[C@@H](Cc2ccc3ccccc3c2)C(=O)N[C@@](C)(CCCCN)C(=O)N[C@@H](CCCCNC(C)=O)C(=O)N[C@@H](CC(N)=O)C(=O)NCC(N)=O)cc1. The molecular weight excluding hydrogens is 1640 g/mol. The Morgan fingerprint density at radius 2 is 0.976 bits per heavy atom. The summed E-state index contributed by atoms with van der Waals surface area (Å²) in [5, 5.41) is 47.0. The van der Waals surface area contributed by atoms with Crippen LogP contribution in [0.25, 0.3) is 21.7 Å². The minimum atomic E-state index is -1.98. The first-order valence-corrected chi connectivity index (χ1v) is 41.6. The fraction of sp³-hybridized carbons (Fsp3) is 0.512. The Hall–Kier alpha value is -11.9. The van der Waals surface area contributed by atoms with E-state index in [1.54, 1.807) is 92.8 Å². The third kappa shape index (κ3) is 34.1. The Bertz CT molecular complexity index is 4610. The molecule has 0 unspecified atom stereocenters. The predicted octanol–water partition coefficient (Wildman–Crippen LogP) is -1.63. The highest BCUT2D eigenvalue weighted by molar-refractivity contribution is 7.82. The van der Waals surface area contributed by atoms with Crippen LogP contribution in [0.4, 0.5) is 0 Å². The van der Waals surface area contributed by atoms with Crippen LogP contribution in [0.1, 0.15) is 156 Å². The molecule has 124 heavy (non-hydrogen) atoms. The molecule has 5 aromatic rings. The number of unbranched alkanes of at least 4 members (excludes halogenated alkanes) is 2. The smallest absolute Gasteiger partial charge is 0.246 e. The lowest BCUT2D eigenvalue weighted by molar-refractivity contribution is -0.138. The average molecular weight is 1770 g/mol. The first-order valence-electron chi connectivity index (χ1n) is 40.7. The van der Waals surface area contributed by atoms with Crippen LogP contribution in [0.3, 0.4) is 0 Å². The lowest BCUT2D eigenvalue weighted by Crippen LogP contribution is -2.65. The number of aliphatic hydroxyl groups excluding tert-OH is 1. The largest absolute Gasteiger partial charge is 0.497 e. The predicted molar refractivity (Wildman–Crippen MR) is 468 cm³/mol. The molecule has 0 bridgehead atoms. The number of thiol groups is 2. The number of benzene rings is 4. The van der Waals surface area contributed by atoms with Gasteiger partial charge < -0.3 is 113 Å². The van der Waals surface area contributed by atoms with Crippen molar-refractivity contribution in [2.75, 3.05) is 26.7 Å². The van der Waals surface area contributed by atoms with Crippen LogP contribution in [-0.4, -0.2) is 219 Å². The van der Waals surface area contributed by atoms with Crippen LogP contribution in [0.2, 0.25) is 0 Å². The highest BCUT2D eigenvalue weighted by atomic mass is 32.1. The summed E-state index contributed by atoms with van der Waals surface area (Å²) >= 11 is 9.29. The van der Waals surface area contributed by atoms with E-state index in [0.29, 0.717) is 39.8 Å². The fourth-order valence-electron chi connectivity index (χ4n) is 13.3. The molecule has 17 amide bonds. The Morgan fingerprint density at radius 1 is 0.476 bits per heavy atom. The van der Waals surface area contributed by atoms with Crippen molar-refractivity contribution in [3.05, 3.63) is 114 Å². The van der Waals surface area contributed by atoms with Gasteiger partial charge in [-0.1, -0.05) is 86.6 Å². The van der Waals surface area contributed by atoms with Crippen molar-refractivity contribution in [2.24, 2.45) is 34.6 Å². The average Bonchev–Trinajstić information content (AvgIpc) is 1.38. The normalized spacial score (nSPS) is 14.6. The minimum Gasteiger partial charge on any atom is -0.497 e. The molecule has 0 fully saturated rings. The first-order chi connectivity index (χ1) is 58.2. The standard InChI is InChI=1S/C84H121N19O19S2/c1-45(2)37-67(110)100-69(82(5,6)123)79(119)94-57(30-32-63(86)106)73(113)101-68(46(3)104)78(118)97-61(41-52-43-91-55-22-14-13-21-54(52)55)76(116)93-58(31-33-64(87)107)74(114)102-70(83(7,8)124)80(120)98-59(39-48-25-28-53(122-10)29-26-48)75(115)95-60(40-49-24-27-50-19-11-12-20-51(50)38-49)77(117)103-84(9,34-16-17-35-85)81(121)99-56(23-15-18-36-90-47(4)105)72(112)96-62(42-65(88)108)71(111)92-44-66(89)109/h11-14,19-22,24-29,38,43,45-46,56-62,68-70,91,104,123-124H,15-18,23,30-37,39-42,44,85H2,1-10H3,(H2,86,106)(H2,87,107)(H2,88,108)(H2,89,109)(H,90,105)(H,92,111)(H,93,116)(H,94,119)(H,95,115)(H,96,112)(H,97,118)(H,98,120)(H,99,121)(H,100,110)(H,101,113)(H,102,114)(H,103,117)/t46-,56+,57+,58+,59+,60+,61+,62+,68+,69-,70-,84+/m1/s1. The number of carbonyl (C=O) groups is 17. The molecule has 12 atom stereocenters. The van der Waals surface area contributed by atoms with E-state index in [4.69, 9.17) is 46.0 Å². The van der Waals surface area contributed by atoms with Crippen molar-refractivity contribution in [1.82, 2.24) is 74.1 Å². The minimum absolute atomic E-state index is 0.0270. The number of ether oxygens (including phenoxy) is 1. The zero-order chi connectivity index (χ0) is 92.5. The quantitative estimate of drug-likeness (QED) is 0.0153. The van der Waals surface area contributed by atoms with Crippen LogP contribution >= 0.6 is 25.3 Å². The van der Waals surface area contributed by atoms with Crippen molar-refractivity contribution in [3.8, 4) is 5.75 Å². The molecule has 5 rings (SSSR count). The Morgan fingerprint density at radius 3 is 1.54 bits per heavy atom. The Kier molecular flexibility index (Phi) is 40.4. The Labute approximate surface area is 730 Å². The maximum atomic E-state index is 15.6. The maximum absolute atomic E-state index is 15.6. The summed E-state index contributed by atoms with van der Waals surface area (Å²) in [5.41, 5.74) is 27.8. The van der Waals surface area contributed by atoms with E-state index < -0.39 is 215 Å². The monoisotopic (exact) mass is 1760 g/mol. The summed E-state index contributed by atoms with van der Waals surface area (Å²) in [6.07, 6.45) is -3.29.